The zero-order valence-corrected chi connectivity index (χ0v) is 16.8. The predicted molar refractivity (Wildman–Crippen MR) is 116 cm³/mol. The Morgan fingerprint density at radius 1 is 1.07 bits per heavy atom. The molecule has 1 unspecified atom stereocenters. The molecular formula is C23H23N3O2S. The van der Waals surface area contributed by atoms with E-state index in [4.69, 9.17) is 5.73 Å². The number of carbonyl (C=O) groups excluding carboxylic acids is 2. The fraction of sp³-hybridized carbons (Fsp3) is 0.217. The highest BCUT2D eigenvalue weighted by molar-refractivity contribution is 7.10. The van der Waals surface area contributed by atoms with Gasteiger partial charge in [-0.2, -0.15) is 0 Å². The van der Waals surface area contributed by atoms with Crippen LogP contribution in [-0.4, -0.2) is 29.8 Å². The number of hydrogen-bond donors (Lipinski definition) is 2. The van der Waals surface area contributed by atoms with E-state index in [9.17, 15) is 9.59 Å². The van der Waals surface area contributed by atoms with Crippen LogP contribution in [0, 0.1) is 0 Å². The first kappa shape index (κ1) is 19.4. The number of benzene rings is 2. The van der Waals surface area contributed by atoms with E-state index in [-0.39, 0.29) is 11.9 Å². The first-order valence-electron chi connectivity index (χ1n) is 9.67. The lowest BCUT2D eigenvalue weighted by Crippen LogP contribution is -2.37. The van der Waals surface area contributed by atoms with E-state index >= 15 is 0 Å². The Hall–Kier alpha value is -2.96. The molecule has 0 bridgehead atoms. The Kier molecular flexibility index (Phi) is 5.74. The number of carbonyl (C=O) groups is 2. The summed E-state index contributed by atoms with van der Waals surface area (Å²) in [6.45, 7) is 1.62. The highest BCUT2D eigenvalue weighted by atomic mass is 32.1. The van der Waals surface area contributed by atoms with E-state index < -0.39 is 5.91 Å². The molecule has 0 fully saturated rings. The van der Waals surface area contributed by atoms with Crippen LogP contribution in [0.3, 0.4) is 0 Å². The normalized spacial score (nSPS) is 16.2. The molecule has 4 rings (SSSR count). The Morgan fingerprint density at radius 3 is 2.55 bits per heavy atom. The number of rotatable bonds is 6. The van der Waals surface area contributed by atoms with E-state index in [1.807, 2.05) is 17.4 Å². The largest absolute Gasteiger partial charge is 0.366 e. The number of nitrogens with two attached hydrogens (primary N) is 1. The van der Waals surface area contributed by atoms with Crippen LogP contribution in [-0.2, 0) is 11.2 Å². The molecule has 2 heterocycles. The van der Waals surface area contributed by atoms with Gasteiger partial charge < -0.3 is 11.1 Å². The fourth-order valence-corrected chi connectivity index (χ4v) is 4.73. The summed E-state index contributed by atoms with van der Waals surface area (Å²) in [5.41, 5.74) is 8.96. The third-order valence-electron chi connectivity index (χ3n) is 5.26. The summed E-state index contributed by atoms with van der Waals surface area (Å²) < 4.78 is 0. The van der Waals surface area contributed by atoms with Crippen LogP contribution in [0.4, 0.5) is 5.69 Å². The Morgan fingerprint density at radius 2 is 1.83 bits per heavy atom. The van der Waals surface area contributed by atoms with E-state index in [2.05, 4.69) is 45.9 Å². The van der Waals surface area contributed by atoms with Gasteiger partial charge in [0.05, 0.1) is 6.04 Å². The SMILES string of the molecule is NC(=O)c1ccc(NC(=O)CCN2CCc3sccc3C2c2ccccc2)cc1. The summed E-state index contributed by atoms with van der Waals surface area (Å²) >= 11 is 1.82. The molecule has 5 nitrogen and oxygen atoms in total. The highest BCUT2D eigenvalue weighted by Gasteiger charge is 2.29. The van der Waals surface area contributed by atoms with Crippen LogP contribution in [0.25, 0.3) is 0 Å². The molecule has 2 aromatic carbocycles. The predicted octanol–water partition coefficient (Wildman–Crippen LogP) is 3.82. The zero-order chi connectivity index (χ0) is 20.2. The molecule has 1 aromatic heterocycles. The Labute approximate surface area is 174 Å². The molecular weight excluding hydrogens is 382 g/mol. The van der Waals surface area contributed by atoms with Gasteiger partial charge in [0.25, 0.3) is 0 Å². The molecule has 0 saturated carbocycles. The van der Waals surface area contributed by atoms with Crippen molar-refractivity contribution in [2.24, 2.45) is 5.73 Å². The highest BCUT2D eigenvalue weighted by Crippen LogP contribution is 2.37. The maximum Gasteiger partial charge on any atom is 0.248 e. The van der Waals surface area contributed by atoms with Gasteiger partial charge in [0.15, 0.2) is 0 Å². The number of fused-ring (bicyclic) bond motifs is 1. The molecule has 0 spiro atoms. The number of nitrogens with zero attached hydrogens (tertiary/aromatic N) is 1. The maximum absolute atomic E-state index is 12.5. The zero-order valence-electron chi connectivity index (χ0n) is 16.0. The first-order chi connectivity index (χ1) is 14.1. The fourth-order valence-electron chi connectivity index (χ4n) is 3.82. The summed E-state index contributed by atoms with van der Waals surface area (Å²) in [6.07, 6.45) is 1.42. The van der Waals surface area contributed by atoms with Crippen molar-refractivity contribution in [2.45, 2.75) is 18.9 Å². The number of thiophene rings is 1. The summed E-state index contributed by atoms with van der Waals surface area (Å²) in [5.74, 6) is -0.521. The minimum absolute atomic E-state index is 0.0419. The molecule has 0 aliphatic carbocycles. The molecule has 1 aliphatic heterocycles. The van der Waals surface area contributed by atoms with Crippen LogP contribution < -0.4 is 11.1 Å². The van der Waals surface area contributed by atoms with Gasteiger partial charge in [-0.1, -0.05) is 30.3 Å². The van der Waals surface area contributed by atoms with Gasteiger partial charge in [0.2, 0.25) is 11.8 Å². The van der Waals surface area contributed by atoms with Crippen molar-refractivity contribution >= 4 is 28.8 Å². The van der Waals surface area contributed by atoms with Crippen molar-refractivity contribution in [2.75, 3.05) is 18.4 Å². The molecule has 3 aromatic rings. The molecule has 1 aliphatic rings. The number of primary amides is 1. The third-order valence-corrected chi connectivity index (χ3v) is 6.26. The van der Waals surface area contributed by atoms with Crippen molar-refractivity contribution < 1.29 is 9.59 Å². The van der Waals surface area contributed by atoms with Gasteiger partial charge in [0.1, 0.15) is 0 Å². The van der Waals surface area contributed by atoms with Gasteiger partial charge >= 0.3 is 0 Å². The monoisotopic (exact) mass is 405 g/mol. The lowest BCUT2D eigenvalue weighted by molar-refractivity contribution is -0.116. The van der Waals surface area contributed by atoms with Gasteiger partial charge in [0, 0.05) is 35.6 Å². The molecule has 0 radical (unpaired) electrons. The summed E-state index contributed by atoms with van der Waals surface area (Å²) in [6, 6.07) is 19.5. The summed E-state index contributed by atoms with van der Waals surface area (Å²) in [7, 11) is 0. The molecule has 2 amide bonds. The van der Waals surface area contributed by atoms with Crippen LogP contribution in [0.15, 0.2) is 66.0 Å². The smallest absolute Gasteiger partial charge is 0.248 e. The van der Waals surface area contributed by atoms with Gasteiger partial charge in [-0.25, -0.2) is 0 Å². The lowest BCUT2D eigenvalue weighted by Gasteiger charge is -2.36. The molecule has 148 valence electrons. The summed E-state index contributed by atoms with van der Waals surface area (Å²) in [4.78, 5) is 27.5. The number of anilines is 1. The second kappa shape index (κ2) is 8.59. The van der Waals surface area contributed by atoms with E-state index in [0.717, 1.165) is 13.0 Å². The van der Waals surface area contributed by atoms with Crippen molar-refractivity contribution in [1.29, 1.82) is 0 Å². The Balaban J connectivity index is 1.43. The van der Waals surface area contributed by atoms with E-state index in [1.165, 1.54) is 16.0 Å². The number of hydrogen-bond acceptors (Lipinski definition) is 4. The first-order valence-corrected chi connectivity index (χ1v) is 10.5. The van der Waals surface area contributed by atoms with Gasteiger partial charge in [-0.05, 0) is 53.3 Å². The van der Waals surface area contributed by atoms with Crippen molar-refractivity contribution in [3.8, 4) is 0 Å². The summed E-state index contributed by atoms with van der Waals surface area (Å²) in [5, 5.41) is 5.06. The average Bonchev–Trinajstić information content (AvgIpc) is 3.21. The minimum Gasteiger partial charge on any atom is -0.366 e. The quantitative estimate of drug-likeness (QED) is 0.655. The van der Waals surface area contributed by atoms with Crippen molar-refractivity contribution in [1.82, 2.24) is 4.90 Å². The van der Waals surface area contributed by atoms with E-state index in [0.29, 0.717) is 24.2 Å². The molecule has 29 heavy (non-hydrogen) atoms. The van der Waals surface area contributed by atoms with Crippen LogP contribution in [0.5, 0.6) is 0 Å². The number of nitrogens with one attached hydrogen (secondary N) is 1. The Bertz CT molecular complexity index is 998. The molecule has 6 heteroatoms. The average molecular weight is 406 g/mol. The standard InChI is InChI=1S/C23H23N3O2S/c24-23(28)17-6-8-18(9-7-17)25-21(27)11-14-26-13-10-20-19(12-15-29-20)22(26)16-4-2-1-3-5-16/h1-9,12,15,22H,10-11,13-14H2,(H2,24,28)(H,25,27). The molecule has 3 N–H and O–H groups in total. The van der Waals surface area contributed by atoms with Crippen LogP contribution >= 0.6 is 11.3 Å². The topological polar surface area (TPSA) is 75.4 Å². The minimum atomic E-state index is -0.479. The van der Waals surface area contributed by atoms with Crippen LogP contribution in [0.2, 0.25) is 0 Å². The maximum atomic E-state index is 12.5. The van der Waals surface area contributed by atoms with Crippen LogP contribution in [0.1, 0.15) is 38.8 Å². The van der Waals surface area contributed by atoms with Crippen molar-refractivity contribution in [3.05, 3.63) is 87.6 Å². The van der Waals surface area contributed by atoms with E-state index in [1.54, 1.807) is 24.3 Å². The van der Waals surface area contributed by atoms with Crippen molar-refractivity contribution in [3.63, 3.8) is 0 Å². The second-order valence-corrected chi connectivity index (χ2v) is 8.14. The molecule has 0 saturated heterocycles. The lowest BCUT2D eigenvalue weighted by atomic mass is 9.93. The second-order valence-electron chi connectivity index (χ2n) is 7.14. The van der Waals surface area contributed by atoms with Gasteiger partial charge in [-0.3, -0.25) is 14.5 Å². The third kappa shape index (κ3) is 4.39. The molecule has 1 atom stereocenters. The van der Waals surface area contributed by atoms with Gasteiger partial charge in [-0.15, -0.1) is 11.3 Å². The number of amides is 2.